The molecule has 1 aliphatic heterocycles. The van der Waals surface area contributed by atoms with Gasteiger partial charge in [0.25, 0.3) is 0 Å². The molecule has 0 spiro atoms. The minimum absolute atomic E-state index is 0.115. The summed E-state index contributed by atoms with van der Waals surface area (Å²) in [5.74, 6) is 0. The molecule has 0 aromatic heterocycles. The van der Waals surface area contributed by atoms with Gasteiger partial charge in [-0.05, 0) is 35.6 Å². The Labute approximate surface area is 147 Å². The van der Waals surface area contributed by atoms with Gasteiger partial charge >= 0.3 is 0 Å². The van der Waals surface area contributed by atoms with E-state index in [4.69, 9.17) is 0 Å². The molecule has 2 N–H and O–H groups in total. The first-order valence-corrected chi connectivity index (χ1v) is 8.66. The van der Waals surface area contributed by atoms with E-state index in [1.165, 1.54) is 16.7 Å². The van der Waals surface area contributed by atoms with Crippen molar-refractivity contribution in [2.75, 3.05) is 0 Å². The van der Waals surface area contributed by atoms with Crippen LogP contribution in [0.1, 0.15) is 51.3 Å². The zero-order valence-electron chi connectivity index (χ0n) is 15.4. The topological polar surface area (TPSA) is 24.1 Å². The maximum absolute atomic E-state index is 4.02. The Morgan fingerprint density at radius 1 is 1.21 bits per heavy atom. The van der Waals surface area contributed by atoms with E-state index in [2.05, 4.69) is 73.4 Å². The van der Waals surface area contributed by atoms with Gasteiger partial charge in [-0.3, -0.25) is 0 Å². The third kappa shape index (κ3) is 4.84. The summed E-state index contributed by atoms with van der Waals surface area (Å²) in [4.78, 5) is 0. The fraction of sp³-hybridized carbons (Fsp3) is 0.273. The molecule has 1 unspecified atom stereocenters. The Morgan fingerprint density at radius 3 is 2.42 bits per heavy atom. The van der Waals surface area contributed by atoms with Crippen LogP contribution in [0.3, 0.4) is 0 Å². The van der Waals surface area contributed by atoms with Crippen molar-refractivity contribution in [3.63, 3.8) is 0 Å². The molecule has 0 aliphatic carbocycles. The quantitative estimate of drug-likeness (QED) is 0.664. The molecule has 2 heteroatoms. The van der Waals surface area contributed by atoms with Gasteiger partial charge < -0.3 is 5.43 Å². The molecule has 1 atom stereocenters. The molecule has 1 fully saturated rings. The predicted molar refractivity (Wildman–Crippen MR) is 107 cm³/mol. The summed E-state index contributed by atoms with van der Waals surface area (Å²) in [5.41, 5.74) is 12.2. The predicted octanol–water partition coefficient (Wildman–Crippen LogP) is 5.86. The molecular formula is C22H30N2. The van der Waals surface area contributed by atoms with E-state index < -0.39 is 0 Å². The molecule has 24 heavy (non-hydrogen) atoms. The van der Waals surface area contributed by atoms with Crippen LogP contribution >= 0.6 is 0 Å². The van der Waals surface area contributed by atoms with Gasteiger partial charge in [-0.15, -0.1) is 0 Å². The Balaban J connectivity index is 0.00000139. The largest absolute Gasteiger partial charge is 0.321 e. The van der Waals surface area contributed by atoms with Crippen LogP contribution in [0.25, 0.3) is 5.57 Å². The number of hydrogen-bond acceptors (Lipinski definition) is 2. The van der Waals surface area contributed by atoms with E-state index in [1.54, 1.807) is 6.08 Å². The second-order valence-corrected chi connectivity index (χ2v) is 5.23. The molecule has 128 valence electrons. The van der Waals surface area contributed by atoms with Crippen molar-refractivity contribution in [1.29, 1.82) is 0 Å². The first-order chi connectivity index (χ1) is 11.7. The fourth-order valence-electron chi connectivity index (χ4n) is 2.59. The highest BCUT2D eigenvalue weighted by atomic mass is 15.4. The van der Waals surface area contributed by atoms with Gasteiger partial charge in [-0.1, -0.05) is 88.6 Å². The first-order valence-electron chi connectivity index (χ1n) is 8.66. The molecule has 1 aliphatic rings. The summed E-state index contributed by atoms with van der Waals surface area (Å²) < 4.78 is 0. The lowest BCUT2D eigenvalue weighted by Crippen LogP contribution is -2.23. The summed E-state index contributed by atoms with van der Waals surface area (Å²) in [6.07, 6.45) is 11.1. The Morgan fingerprint density at radius 2 is 1.88 bits per heavy atom. The van der Waals surface area contributed by atoms with E-state index in [9.17, 15) is 0 Å². The average Bonchev–Trinajstić information content (AvgIpc) is 2.99. The average molecular weight is 322 g/mol. The Bertz CT molecular complexity index is 630. The van der Waals surface area contributed by atoms with Crippen molar-refractivity contribution in [2.24, 2.45) is 0 Å². The van der Waals surface area contributed by atoms with Crippen LogP contribution in [-0.2, 0) is 0 Å². The molecule has 1 aromatic carbocycles. The molecule has 1 saturated heterocycles. The highest BCUT2D eigenvalue weighted by Crippen LogP contribution is 2.30. The number of rotatable bonds is 5. The van der Waals surface area contributed by atoms with Crippen LogP contribution in [0, 0.1) is 0 Å². The number of nitrogens with one attached hydrogen (secondary N) is 2. The Hall–Kier alpha value is -2.32. The maximum atomic E-state index is 4.02. The molecule has 1 heterocycles. The van der Waals surface area contributed by atoms with Crippen LogP contribution in [0.4, 0.5) is 0 Å². The molecule has 0 bridgehead atoms. The van der Waals surface area contributed by atoms with Crippen molar-refractivity contribution in [2.45, 2.75) is 40.2 Å². The van der Waals surface area contributed by atoms with Gasteiger partial charge in [0.05, 0.1) is 6.04 Å². The minimum atomic E-state index is 0.115. The third-order valence-electron chi connectivity index (χ3n) is 3.81. The smallest absolute Gasteiger partial charge is 0.0780 e. The maximum Gasteiger partial charge on any atom is 0.0780 e. The highest BCUT2D eigenvalue weighted by Gasteiger charge is 2.24. The number of benzene rings is 1. The summed E-state index contributed by atoms with van der Waals surface area (Å²) in [6.45, 7) is 16.0. The SMILES string of the molecule is C=C/C=C1\C(=C)NNC1c1ccc(/C(=C/C=C\C)CC)cc1.CC. The van der Waals surface area contributed by atoms with E-state index in [0.717, 1.165) is 17.7 Å². The van der Waals surface area contributed by atoms with Crippen LogP contribution in [0.15, 0.2) is 79.1 Å². The number of hydrazine groups is 1. The van der Waals surface area contributed by atoms with Gasteiger partial charge in [0.2, 0.25) is 0 Å². The van der Waals surface area contributed by atoms with Crippen LogP contribution in [0.5, 0.6) is 0 Å². The van der Waals surface area contributed by atoms with E-state index in [-0.39, 0.29) is 6.04 Å². The van der Waals surface area contributed by atoms with Crippen LogP contribution in [-0.4, -0.2) is 0 Å². The summed E-state index contributed by atoms with van der Waals surface area (Å²) in [7, 11) is 0. The Kier molecular flexibility index (Phi) is 8.59. The lowest BCUT2D eigenvalue weighted by molar-refractivity contribution is 0.614. The van der Waals surface area contributed by atoms with Crippen molar-refractivity contribution < 1.29 is 0 Å². The van der Waals surface area contributed by atoms with Gasteiger partial charge in [0, 0.05) is 5.70 Å². The summed E-state index contributed by atoms with van der Waals surface area (Å²) in [6, 6.07) is 8.82. The summed E-state index contributed by atoms with van der Waals surface area (Å²) >= 11 is 0. The molecule has 0 saturated carbocycles. The second-order valence-electron chi connectivity index (χ2n) is 5.23. The van der Waals surface area contributed by atoms with E-state index >= 15 is 0 Å². The van der Waals surface area contributed by atoms with Crippen LogP contribution < -0.4 is 10.9 Å². The van der Waals surface area contributed by atoms with E-state index in [1.807, 2.05) is 26.8 Å². The third-order valence-corrected chi connectivity index (χ3v) is 3.81. The second kappa shape index (κ2) is 10.5. The van der Waals surface area contributed by atoms with Crippen molar-refractivity contribution in [3.05, 3.63) is 90.2 Å². The van der Waals surface area contributed by atoms with Crippen molar-refractivity contribution in [3.8, 4) is 0 Å². The zero-order chi connectivity index (χ0) is 17.9. The molecule has 2 rings (SSSR count). The summed E-state index contributed by atoms with van der Waals surface area (Å²) in [5, 5.41) is 0. The zero-order valence-corrected chi connectivity index (χ0v) is 15.4. The van der Waals surface area contributed by atoms with Crippen molar-refractivity contribution >= 4 is 5.57 Å². The van der Waals surface area contributed by atoms with Gasteiger partial charge in [0.1, 0.15) is 0 Å². The lowest BCUT2D eigenvalue weighted by atomic mass is 9.95. The number of allylic oxidation sites excluding steroid dienone is 6. The molecule has 1 aromatic rings. The monoisotopic (exact) mass is 322 g/mol. The highest BCUT2D eigenvalue weighted by molar-refractivity contribution is 5.67. The minimum Gasteiger partial charge on any atom is -0.321 e. The normalized spacial score (nSPS) is 19.2. The molecule has 0 amide bonds. The number of hydrogen-bond donors (Lipinski definition) is 2. The van der Waals surface area contributed by atoms with E-state index in [0.29, 0.717) is 0 Å². The van der Waals surface area contributed by atoms with Crippen molar-refractivity contribution in [1.82, 2.24) is 10.9 Å². The van der Waals surface area contributed by atoms with Crippen LogP contribution in [0.2, 0.25) is 0 Å². The lowest BCUT2D eigenvalue weighted by Gasteiger charge is -2.13. The van der Waals surface area contributed by atoms with Gasteiger partial charge in [-0.2, -0.15) is 0 Å². The fourth-order valence-corrected chi connectivity index (χ4v) is 2.59. The molecular weight excluding hydrogens is 292 g/mol. The molecule has 2 nitrogen and oxygen atoms in total. The first kappa shape index (κ1) is 19.7. The van der Waals surface area contributed by atoms with Gasteiger partial charge in [0.15, 0.2) is 0 Å². The standard InChI is InChI=1S/C20H24N2.C2H6/c1-5-8-10-16(7-3)17-11-13-18(14-12-17)20-19(9-6-2)15(4)21-22-20;1-2/h5-6,8-14,20-22H,2,4,7H2,1,3H3;1-2H3/b8-5-,16-10+,19-9+;. The van der Waals surface area contributed by atoms with Gasteiger partial charge in [-0.25, -0.2) is 5.43 Å². The molecule has 0 radical (unpaired) electrons.